The maximum atomic E-state index is 9.61. The van der Waals surface area contributed by atoms with Gasteiger partial charge in [0.15, 0.2) is 0 Å². The van der Waals surface area contributed by atoms with Gasteiger partial charge in [-0.05, 0) is 23.2 Å². The van der Waals surface area contributed by atoms with E-state index in [2.05, 4.69) is 25.3 Å². The monoisotopic (exact) mass is 147 g/mol. The Balaban J connectivity index is 3.44. The van der Waals surface area contributed by atoms with Crippen molar-refractivity contribution in [3.63, 3.8) is 0 Å². The first-order valence-corrected chi connectivity index (χ1v) is 3.25. The fourth-order valence-electron chi connectivity index (χ4n) is 0.255. The third kappa shape index (κ3) is 4.27. The molecule has 0 saturated carbocycles. The van der Waals surface area contributed by atoms with Gasteiger partial charge in [-0.1, -0.05) is 0 Å². The van der Waals surface area contributed by atoms with Gasteiger partial charge in [-0.25, -0.2) is 0 Å². The summed E-state index contributed by atoms with van der Waals surface area (Å²) in [6, 6.07) is 0. The molecule has 0 fully saturated rings. The van der Waals surface area contributed by atoms with Crippen molar-refractivity contribution in [1.82, 2.24) is 0 Å². The first-order chi connectivity index (χ1) is 3.81. The fraction of sp³-hybridized carbons (Fsp3) is 0.400. The number of carbonyl (C=O) groups excluding carboxylic acids is 1. The SMILES string of the molecule is O=[C]C=C(S)CCS. The molecule has 0 atom stereocenters. The summed E-state index contributed by atoms with van der Waals surface area (Å²) < 4.78 is 0. The summed E-state index contributed by atoms with van der Waals surface area (Å²) in [5.74, 6) is 0.719. The van der Waals surface area contributed by atoms with E-state index in [1.165, 1.54) is 6.08 Å². The minimum absolute atomic E-state index is 0.719. The molecular formula is C5H7OS2. The zero-order valence-electron chi connectivity index (χ0n) is 4.29. The lowest BCUT2D eigenvalue weighted by atomic mass is 10.4. The van der Waals surface area contributed by atoms with E-state index in [1.807, 2.05) is 0 Å². The number of hydrogen-bond acceptors (Lipinski definition) is 3. The van der Waals surface area contributed by atoms with Crippen LogP contribution in [0.25, 0.3) is 0 Å². The quantitative estimate of drug-likeness (QED) is 0.453. The van der Waals surface area contributed by atoms with E-state index < -0.39 is 0 Å². The Bertz CT molecular complexity index is 98.6. The molecule has 45 valence electrons. The van der Waals surface area contributed by atoms with Crippen LogP contribution in [0.15, 0.2) is 11.0 Å². The first kappa shape index (κ1) is 8.11. The average molecular weight is 147 g/mol. The van der Waals surface area contributed by atoms with Gasteiger partial charge in [0.25, 0.3) is 0 Å². The van der Waals surface area contributed by atoms with Gasteiger partial charge in [-0.3, -0.25) is 4.79 Å². The van der Waals surface area contributed by atoms with Gasteiger partial charge in [0, 0.05) is 0 Å². The molecule has 0 aromatic heterocycles. The Morgan fingerprint density at radius 3 is 2.75 bits per heavy atom. The Morgan fingerprint density at radius 2 is 2.38 bits per heavy atom. The predicted molar refractivity (Wildman–Crippen MR) is 41.2 cm³/mol. The van der Waals surface area contributed by atoms with E-state index in [0.29, 0.717) is 0 Å². The summed E-state index contributed by atoms with van der Waals surface area (Å²) in [6.07, 6.45) is 3.67. The molecule has 0 spiro atoms. The van der Waals surface area contributed by atoms with Gasteiger partial charge >= 0.3 is 0 Å². The number of allylic oxidation sites excluding steroid dienone is 2. The lowest BCUT2D eigenvalue weighted by Gasteiger charge is -1.88. The van der Waals surface area contributed by atoms with Gasteiger partial charge in [-0.2, -0.15) is 12.6 Å². The van der Waals surface area contributed by atoms with Crippen molar-refractivity contribution in [2.24, 2.45) is 0 Å². The van der Waals surface area contributed by atoms with Crippen molar-refractivity contribution in [2.45, 2.75) is 6.42 Å². The summed E-state index contributed by atoms with van der Waals surface area (Å²) >= 11 is 7.87. The van der Waals surface area contributed by atoms with Crippen LogP contribution in [-0.2, 0) is 4.79 Å². The zero-order chi connectivity index (χ0) is 6.41. The zero-order valence-corrected chi connectivity index (χ0v) is 6.08. The molecular weight excluding hydrogens is 140 g/mol. The Morgan fingerprint density at radius 1 is 1.75 bits per heavy atom. The highest BCUT2D eigenvalue weighted by Gasteiger charge is 1.84. The molecule has 3 heteroatoms. The van der Waals surface area contributed by atoms with Crippen molar-refractivity contribution in [1.29, 1.82) is 0 Å². The maximum Gasteiger partial charge on any atom is 0.226 e. The number of rotatable bonds is 3. The highest BCUT2D eigenvalue weighted by molar-refractivity contribution is 7.84. The molecule has 1 radical (unpaired) electrons. The largest absolute Gasteiger partial charge is 0.286 e. The smallest absolute Gasteiger partial charge is 0.226 e. The second kappa shape index (κ2) is 5.25. The molecule has 0 N–H and O–H groups in total. The van der Waals surface area contributed by atoms with Crippen LogP contribution in [0.5, 0.6) is 0 Å². The molecule has 0 aliphatic rings. The van der Waals surface area contributed by atoms with Crippen LogP contribution in [0.2, 0.25) is 0 Å². The summed E-state index contributed by atoms with van der Waals surface area (Å²) in [4.78, 5) is 10.3. The van der Waals surface area contributed by atoms with Crippen LogP contribution in [-0.4, -0.2) is 12.0 Å². The molecule has 0 heterocycles. The lowest BCUT2D eigenvalue weighted by molar-refractivity contribution is 0.564. The normalized spacial score (nSPS) is 11.5. The maximum absolute atomic E-state index is 9.61. The Kier molecular flexibility index (Phi) is 5.32. The summed E-state index contributed by atoms with van der Waals surface area (Å²) in [7, 11) is 0. The molecule has 0 aromatic carbocycles. The molecule has 0 aliphatic carbocycles. The second-order valence-corrected chi connectivity index (χ2v) is 2.25. The molecule has 0 saturated heterocycles. The summed E-state index contributed by atoms with van der Waals surface area (Å²) in [6.45, 7) is 0. The number of hydrogen-bond donors (Lipinski definition) is 2. The summed E-state index contributed by atoms with van der Waals surface area (Å²) in [5.41, 5.74) is 0. The van der Waals surface area contributed by atoms with Gasteiger partial charge in [0.1, 0.15) is 0 Å². The third-order valence-corrected chi connectivity index (χ3v) is 1.17. The minimum Gasteiger partial charge on any atom is -0.286 e. The van der Waals surface area contributed by atoms with Gasteiger partial charge in [0.2, 0.25) is 6.29 Å². The van der Waals surface area contributed by atoms with Crippen LogP contribution < -0.4 is 0 Å². The molecule has 0 aliphatic heterocycles. The first-order valence-electron chi connectivity index (χ1n) is 2.17. The van der Waals surface area contributed by atoms with E-state index >= 15 is 0 Å². The predicted octanol–water partition coefficient (Wildman–Crippen LogP) is 1.23. The molecule has 0 unspecified atom stereocenters. The standard InChI is InChI=1S/C5H7OS2/c6-3-1-5(8)2-4-7/h1,7-8H,2,4H2. The molecule has 0 aromatic rings. The third-order valence-electron chi connectivity index (χ3n) is 0.593. The molecule has 0 rings (SSSR count). The molecule has 1 nitrogen and oxygen atoms in total. The lowest BCUT2D eigenvalue weighted by Crippen LogP contribution is -1.74. The van der Waals surface area contributed by atoms with Crippen molar-refractivity contribution in [2.75, 3.05) is 5.75 Å². The highest BCUT2D eigenvalue weighted by atomic mass is 32.1. The summed E-state index contributed by atoms with van der Waals surface area (Å²) in [5, 5.41) is 0. The van der Waals surface area contributed by atoms with Gasteiger partial charge < -0.3 is 0 Å². The van der Waals surface area contributed by atoms with Crippen LogP contribution in [0.1, 0.15) is 6.42 Å². The fourth-order valence-corrected chi connectivity index (χ4v) is 0.837. The molecule has 0 amide bonds. The molecule has 0 bridgehead atoms. The second-order valence-electron chi connectivity index (χ2n) is 1.23. The van der Waals surface area contributed by atoms with E-state index in [-0.39, 0.29) is 0 Å². The van der Waals surface area contributed by atoms with E-state index in [0.717, 1.165) is 17.1 Å². The minimum atomic E-state index is 0.719. The number of thiol groups is 2. The van der Waals surface area contributed by atoms with Crippen molar-refractivity contribution < 1.29 is 4.79 Å². The van der Waals surface area contributed by atoms with Crippen molar-refractivity contribution in [3.05, 3.63) is 11.0 Å². The van der Waals surface area contributed by atoms with Crippen molar-refractivity contribution in [3.8, 4) is 0 Å². The Hall–Kier alpha value is 0.110. The van der Waals surface area contributed by atoms with E-state index in [1.54, 1.807) is 6.29 Å². The van der Waals surface area contributed by atoms with E-state index in [9.17, 15) is 4.79 Å². The van der Waals surface area contributed by atoms with Crippen LogP contribution in [0.4, 0.5) is 0 Å². The average Bonchev–Trinajstić information content (AvgIpc) is 1.68. The highest BCUT2D eigenvalue weighted by Crippen LogP contribution is 2.04. The van der Waals surface area contributed by atoms with Crippen molar-refractivity contribution >= 4 is 31.5 Å². The Labute approximate surface area is 60.0 Å². The van der Waals surface area contributed by atoms with Gasteiger partial charge in [-0.15, -0.1) is 12.6 Å². The van der Waals surface area contributed by atoms with E-state index in [4.69, 9.17) is 0 Å². The van der Waals surface area contributed by atoms with Gasteiger partial charge in [0.05, 0.1) is 0 Å². The topological polar surface area (TPSA) is 17.1 Å². The van der Waals surface area contributed by atoms with Crippen LogP contribution >= 0.6 is 25.3 Å². The van der Waals surface area contributed by atoms with Crippen LogP contribution in [0.3, 0.4) is 0 Å². The molecule has 8 heavy (non-hydrogen) atoms. The van der Waals surface area contributed by atoms with Crippen LogP contribution in [0, 0.1) is 0 Å².